The van der Waals surface area contributed by atoms with Crippen molar-refractivity contribution in [2.45, 2.75) is 13.5 Å². The Morgan fingerprint density at radius 1 is 1.11 bits per heavy atom. The minimum atomic E-state index is -0.519. The number of carbonyl (C=O) groups is 1. The van der Waals surface area contributed by atoms with Crippen molar-refractivity contribution in [3.8, 4) is 17.2 Å². The number of hydrogen-bond donors (Lipinski definition) is 2. The number of phenols is 1. The second-order valence-electron chi connectivity index (χ2n) is 6.61. The molecule has 1 heterocycles. The molecule has 0 spiro atoms. The zero-order chi connectivity index (χ0) is 19.9. The topological polar surface area (TPSA) is 74.3 Å². The third-order valence-corrected chi connectivity index (χ3v) is 4.72. The Hall–Kier alpha value is -2.93. The maximum atomic E-state index is 11.5. The Kier molecular flexibility index (Phi) is 6.60. The fourth-order valence-electron chi connectivity index (χ4n) is 3.29. The molecule has 0 unspecified atom stereocenters. The van der Waals surface area contributed by atoms with Gasteiger partial charge in [-0.3, -0.25) is 4.90 Å². The number of amides is 1. The number of ether oxygens (including phenoxy) is 2. The van der Waals surface area contributed by atoms with Crippen LogP contribution >= 0.6 is 0 Å². The van der Waals surface area contributed by atoms with E-state index < -0.39 is 6.09 Å². The molecule has 0 aliphatic carbocycles. The van der Waals surface area contributed by atoms with Crippen LogP contribution < -0.4 is 19.7 Å². The van der Waals surface area contributed by atoms with Crippen molar-refractivity contribution in [1.82, 2.24) is 10.2 Å². The second kappa shape index (κ2) is 9.32. The van der Waals surface area contributed by atoms with Gasteiger partial charge in [0.15, 0.2) is 11.5 Å². The molecule has 7 nitrogen and oxygen atoms in total. The summed E-state index contributed by atoms with van der Waals surface area (Å²) in [6.45, 7) is 6.68. The largest absolute Gasteiger partial charge is 0.506 e. The summed E-state index contributed by atoms with van der Waals surface area (Å²) >= 11 is 0. The van der Waals surface area contributed by atoms with Gasteiger partial charge in [-0.15, -0.1) is 0 Å². The average Bonchev–Trinajstić information content (AvgIpc) is 2.71. The normalized spacial score (nSPS) is 14.6. The second-order valence-corrected chi connectivity index (χ2v) is 6.61. The molecule has 0 atom stereocenters. The highest BCUT2D eigenvalue weighted by Crippen LogP contribution is 2.30. The predicted octanol–water partition coefficient (Wildman–Crippen LogP) is 2.83. The first-order valence-electron chi connectivity index (χ1n) is 9.51. The Morgan fingerprint density at radius 3 is 2.54 bits per heavy atom. The molecule has 2 aromatic rings. The van der Waals surface area contributed by atoms with E-state index in [0.717, 1.165) is 44.0 Å². The lowest BCUT2D eigenvalue weighted by Crippen LogP contribution is -2.46. The minimum absolute atomic E-state index is 0.323. The highest BCUT2D eigenvalue weighted by molar-refractivity contribution is 5.71. The van der Waals surface area contributed by atoms with Crippen molar-refractivity contribution in [3.63, 3.8) is 0 Å². The van der Waals surface area contributed by atoms with Gasteiger partial charge in [-0.1, -0.05) is 18.2 Å². The molecule has 0 aromatic heterocycles. The van der Waals surface area contributed by atoms with Crippen molar-refractivity contribution in [1.29, 1.82) is 0 Å². The van der Waals surface area contributed by atoms with Crippen LogP contribution in [0.5, 0.6) is 17.2 Å². The van der Waals surface area contributed by atoms with E-state index in [4.69, 9.17) is 9.47 Å². The molecule has 1 fully saturated rings. The number of benzene rings is 2. The molecule has 1 amide bonds. The summed E-state index contributed by atoms with van der Waals surface area (Å²) in [6, 6.07) is 13.1. The molecule has 0 radical (unpaired) electrons. The molecule has 150 valence electrons. The van der Waals surface area contributed by atoms with Gasteiger partial charge in [0.2, 0.25) is 0 Å². The number of anilines is 1. The summed E-state index contributed by atoms with van der Waals surface area (Å²) in [5, 5.41) is 12.5. The quantitative estimate of drug-likeness (QED) is 0.797. The van der Waals surface area contributed by atoms with Crippen molar-refractivity contribution in [2.24, 2.45) is 0 Å². The first-order chi connectivity index (χ1) is 13.6. The SMILES string of the molecule is CCOc1cc(CN2CCN(c3ccccc3O)CC2)ccc1OC(=O)NC. The Balaban J connectivity index is 1.62. The van der Waals surface area contributed by atoms with Gasteiger partial charge in [-0.2, -0.15) is 0 Å². The lowest BCUT2D eigenvalue weighted by molar-refractivity contribution is 0.199. The van der Waals surface area contributed by atoms with Crippen molar-refractivity contribution in [2.75, 3.05) is 44.7 Å². The van der Waals surface area contributed by atoms with E-state index in [9.17, 15) is 9.90 Å². The molecular formula is C21H27N3O4. The van der Waals surface area contributed by atoms with Gasteiger partial charge in [0.1, 0.15) is 5.75 Å². The molecule has 1 saturated heterocycles. The molecule has 3 rings (SSSR count). The van der Waals surface area contributed by atoms with E-state index in [1.54, 1.807) is 12.1 Å². The zero-order valence-corrected chi connectivity index (χ0v) is 16.4. The molecule has 28 heavy (non-hydrogen) atoms. The van der Waals surface area contributed by atoms with Crippen LogP contribution in [-0.4, -0.2) is 55.9 Å². The average molecular weight is 385 g/mol. The van der Waals surface area contributed by atoms with Gasteiger partial charge >= 0.3 is 6.09 Å². The Bertz CT molecular complexity index is 804. The smallest absolute Gasteiger partial charge is 0.412 e. The van der Waals surface area contributed by atoms with Crippen LogP contribution in [0.15, 0.2) is 42.5 Å². The van der Waals surface area contributed by atoms with Gasteiger partial charge in [0, 0.05) is 39.8 Å². The van der Waals surface area contributed by atoms with Crippen LogP contribution in [0.4, 0.5) is 10.5 Å². The maximum Gasteiger partial charge on any atom is 0.412 e. The van der Waals surface area contributed by atoms with Gasteiger partial charge in [-0.05, 0) is 36.8 Å². The molecule has 2 aromatic carbocycles. The minimum Gasteiger partial charge on any atom is -0.506 e. The van der Waals surface area contributed by atoms with Crippen LogP contribution in [0.1, 0.15) is 12.5 Å². The van der Waals surface area contributed by atoms with Gasteiger partial charge in [0.05, 0.1) is 12.3 Å². The highest BCUT2D eigenvalue weighted by Gasteiger charge is 2.20. The summed E-state index contributed by atoms with van der Waals surface area (Å²) in [7, 11) is 1.52. The maximum absolute atomic E-state index is 11.5. The highest BCUT2D eigenvalue weighted by atomic mass is 16.6. The van der Waals surface area contributed by atoms with E-state index in [1.165, 1.54) is 7.05 Å². The lowest BCUT2D eigenvalue weighted by atomic mass is 10.1. The third kappa shape index (κ3) is 4.86. The molecule has 1 aliphatic rings. The van der Waals surface area contributed by atoms with E-state index in [2.05, 4.69) is 15.1 Å². The summed E-state index contributed by atoms with van der Waals surface area (Å²) in [6.07, 6.45) is -0.519. The van der Waals surface area contributed by atoms with Gasteiger partial charge in [-0.25, -0.2) is 4.79 Å². The number of phenolic OH excluding ortho intramolecular Hbond substituents is 1. The van der Waals surface area contributed by atoms with Crippen LogP contribution in [0.25, 0.3) is 0 Å². The Labute approximate surface area is 165 Å². The van der Waals surface area contributed by atoms with Crippen LogP contribution in [0, 0.1) is 0 Å². The molecule has 0 bridgehead atoms. The lowest BCUT2D eigenvalue weighted by Gasteiger charge is -2.36. The number of hydrogen-bond acceptors (Lipinski definition) is 6. The monoisotopic (exact) mass is 385 g/mol. The molecule has 7 heteroatoms. The van der Waals surface area contributed by atoms with E-state index >= 15 is 0 Å². The Morgan fingerprint density at radius 2 is 1.86 bits per heavy atom. The van der Waals surface area contributed by atoms with E-state index in [1.807, 2.05) is 37.3 Å². The number of carbonyl (C=O) groups excluding carboxylic acids is 1. The van der Waals surface area contributed by atoms with Crippen molar-refractivity contribution in [3.05, 3.63) is 48.0 Å². The summed E-state index contributed by atoms with van der Waals surface area (Å²) in [5.41, 5.74) is 1.99. The van der Waals surface area contributed by atoms with Crippen LogP contribution in [0.2, 0.25) is 0 Å². The van der Waals surface area contributed by atoms with Gasteiger partial charge < -0.3 is 24.8 Å². The van der Waals surface area contributed by atoms with E-state index in [0.29, 0.717) is 23.9 Å². The number of aromatic hydroxyl groups is 1. The molecule has 0 saturated carbocycles. The standard InChI is InChI=1S/C21H27N3O4/c1-3-27-20-14-16(8-9-19(20)28-21(26)22-2)15-23-10-12-24(13-11-23)17-6-4-5-7-18(17)25/h4-9,14,25H,3,10-13,15H2,1-2H3,(H,22,26). The summed E-state index contributed by atoms with van der Waals surface area (Å²) in [4.78, 5) is 16.1. The zero-order valence-electron chi connectivity index (χ0n) is 16.4. The van der Waals surface area contributed by atoms with Gasteiger partial charge in [0.25, 0.3) is 0 Å². The van der Waals surface area contributed by atoms with Crippen LogP contribution in [0.3, 0.4) is 0 Å². The van der Waals surface area contributed by atoms with Crippen molar-refractivity contribution < 1.29 is 19.4 Å². The first-order valence-corrected chi connectivity index (χ1v) is 9.51. The first kappa shape index (κ1) is 19.8. The molecular weight excluding hydrogens is 358 g/mol. The number of para-hydroxylation sites is 2. The number of piperazine rings is 1. The molecule has 2 N–H and O–H groups in total. The summed E-state index contributed by atoms with van der Waals surface area (Å²) < 4.78 is 10.9. The number of nitrogens with zero attached hydrogens (tertiary/aromatic N) is 2. The van der Waals surface area contributed by atoms with Crippen molar-refractivity contribution >= 4 is 11.8 Å². The number of nitrogens with one attached hydrogen (secondary N) is 1. The summed E-state index contributed by atoms with van der Waals surface area (Å²) in [5.74, 6) is 1.30. The number of rotatable bonds is 6. The fourth-order valence-corrected chi connectivity index (χ4v) is 3.29. The molecule has 1 aliphatic heterocycles. The third-order valence-electron chi connectivity index (χ3n) is 4.72. The van der Waals surface area contributed by atoms with Crippen LogP contribution in [-0.2, 0) is 6.54 Å². The van der Waals surface area contributed by atoms with E-state index in [-0.39, 0.29) is 0 Å². The predicted molar refractivity (Wildman–Crippen MR) is 108 cm³/mol. The fraction of sp³-hybridized carbons (Fsp3) is 0.381.